The van der Waals surface area contributed by atoms with E-state index in [1.165, 1.54) is 0 Å². The number of unbranched alkanes of at least 4 members (excludes halogenated alkanes) is 1. The molecule has 0 aliphatic heterocycles. The van der Waals surface area contributed by atoms with E-state index < -0.39 is 33.4 Å². The van der Waals surface area contributed by atoms with Gasteiger partial charge in [0.05, 0.1) is 64.6 Å². The van der Waals surface area contributed by atoms with Crippen LogP contribution in [0.15, 0.2) is 0 Å². The van der Waals surface area contributed by atoms with E-state index in [-0.39, 0.29) is 80.0 Å². The molecule has 0 fully saturated rings. The van der Waals surface area contributed by atoms with Crippen molar-refractivity contribution < 1.29 is 55.9 Å². The molecule has 17 heteroatoms. The van der Waals surface area contributed by atoms with Crippen LogP contribution in [0.2, 0.25) is 0 Å². The lowest BCUT2D eigenvalue weighted by Crippen LogP contribution is -2.55. The maximum atomic E-state index is 13.3. The lowest BCUT2D eigenvalue weighted by Gasteiger charge is -2.29. The lowest BCUT2D eigenvalue weighted by molar-refractivity contribution is -0.135. The van der Waals surface area contributed by atoms with Crippen molar-refractivity contribution in [3.63, 3.8) is 0 Å². The summed E-state index contributed by atoms with van der Waals surface area (Å²) in [6.07, 6.45) is 3.84. The van der Waals surface area contributed by atoms with Crippen LogP contribution in [0.25, 0.3) is 0 Å². The second-order valence-electron chi connectivity index (χ2n) is 15.8. The summed E-state index contributed by atoms with van der Waals surface area (Å²) in [6, 6.07) is -1.46. The molecule has 0 aromatic heterocycles. The molecule has 0 rings (SSSR count). The Hall–Kier alpha value is -2.70. The SMILES string of the molecule is CC(C)[C@H](NC(=O)CCCC(C)(C)C)C(=O)N[C@@H](CCCCNC(=O)CCOCCOCCOCCOCCC(=O)NCCS(=O)(=O)O)C(=O)C(C)(C)C. The fraction of sp³-hybridized carbons (Fsp3) is 0.865. The van der Waals surface area contributed by atoms with E-state index in [0.717, 1.165) is 12.8 Å². The Morgan fingerprint density at radius 1 is 0.630 bits per heavy atom. The summed E-state index contributed by atoms with van der Waals surface area (Å²) in [5.74, 6) is -1.87. The summed E-state index contributed by atoms with van der Waals surface area (Å²) in [7, 11) is -4.11. The van der Waals surface area contributed by atoms with Crippen LogP contribution in [-0.2, 0) is 53.0 Å². The van der Waals surface area contributed by atoms with Crippen LogP contribution in [0.1, 0.15) is 107 Å². The first-order chi connectivity index (χ1) is 25.1. The number of amides is 4. The van der Waals surface area contributed by atoms with Gasteiger partial charge in [-0.1, -0.05) is 55.4 Å². The highest BCUT2D eigenvalue weighted by molar-refractivity contribution is 7.85. The van der Waals surface area contributed by atoms with Gasteiger partial charge in [0.25, 0.3) is 10.1 Å². The fourth-order valence-corrected chi connectivity index (χ4v) is 5.26. The number of Topliss-reactive ketones (excluding diaryl/α,β-unsaturated/α-hetero) is 1. The molecule has 0 spiro atoms. The van der Waals surface area contributed by atoms with Crippen LogP contribution >= 0.6 is 0 Å². The quantitative estimate of drug-likeness (QED) is 0.0505. The van der Waals surface area contributed by atoms with Crippen LogP contribution in [0.5, 0.6) is 0 Å². The Bertz CT molecular complexity index is 1220. The minimum atomic E-state index is -4.11. The maximum absolute atomic E-state index is 13.3. The van der Waals surface area contributed by atoms with Crippen LogP contribution in [0.4, 0.5) is 0 Å². The van der Waals surface area contributed by atoms with Gasteiger partial charge >= 0.3 is 0 Å². The molecule has 0 aromatic rings. The molecular weight excluding hydrogens is 724 g/mol. The normalized spacial score (nSPS) is 13.3. The zero-order chi connectivity index (χ0) is 41.2. The van der Waals surface area contributed by atoms with Gasteiger partial charge in [0.15, 0.2) is 5.78 Å². The topological polar surface area (TPSA) is 225 Å². The van der Waals surface area contributed by atoms with E-state index in [2.05, 4.69) is 42.0 Å². The Morgan fingerprint density at radius 2 is 1.11 bits per heavy atom. The van der Waals surface area contributed by atoms with Gasteiger partial charge in [-0.05, 0) is 43.4 Å². The van der Waals surface area contributed by atoms with Gasteiger partial charge in [-0.2, -0.15) is 8.42 Å². The summed E-state index contributed by atoms with van der Waals surface area (Å²) in [6.45, 7) is 18.1. The average molecular weight is 795 g/mol. The van der Waals surface area contributed by atoms with E-state index >= 15 is 0 Å². The molecule has 0 saturated heterocycles. The summed E-state index contributed by atoms with van der Waals surface area (Å²) >= 11 is 0. The third-order valence-electron chi connectivity index (χ3n) is 7.96. The largest absolute Gasteiger partial charge is 0.379 e. The molecule has 0 aromatic carbocycles. The van der Waals surface area contributed by atoms with Gasteiger partial charge in [-0.15, -0.1) is 0 Å². The van der Waals surface area contributed by atoms with Crippen LogP contribution in [0, 0.1) is 16.7 Å². The van der Waals surface area contributed by atoms with Crippen molar-refractivity contribution in [2.45, 2.75) is 119 Å². The molecule has 16 nitrogen and oxygen atoms in total. The second kappa shape index (κ2) is 27.8. The van der Waals surface area contributed by atoms with E-state index in [1.807, 2.05) is 34.6 Å². The molecule has 0 saturated carbocycles. The molecule has 2 atom stereocenters. The molecule has 0 radical (unpaired) electrons. The van der Waals surface area contributed by atoms with Crippen molar-refractivity contribution in [2.75, 3.05) is 71.7 Å². The fourth-order valence-electron chi connectivity index (χ4n) is 4.90. The third-order valence-corrected chi connectivity index (χ3v) is 8.68. The van der Waals surface area contributed by atoms with Crippen molar-refractivity contribution in [2.24, 2.45) is 16.7 Å². The van der Waals surface area contributed by atoms with Crippen LogP contribution in [-0.4, -0.2) is 126 Å². The standard InChI is InChI=1S/C37H70N4O12S/c1-28(2)33(41-32(44)13-11-16-36(3,4)5)35(46)40-29(34(45)37(6,7)8)12-9-10-17-38-30(42)14-19-50-21-23-52-25-26-53-24-22-51-20-15-31(43)39-18-27-54(47,48)49/h28-29,33H,9-27H2,1-8H3,(H,38,42)(H,39,43)(H,40,46)(H,41,44)(H,47,48,49)/t29-,33-/m0/s1. The van der Waals surface area contributed by atoms with E-state index in [1.54, 1.807) is 0 Å². The molecule has 5 N–H and O–H groups in total. The van der Waals surface area contributed by atoms with Gasteiger partial charge in [0.1, 0.15) is 6.04 Å². The number of hydrogen-bond donors (Lipinski definition) is 5. The highest BCUT2D eigenvalue weighted by atomic mass is 32.2. The van der Waals surface area contributed by atoms with Crippen LogP contribution in [0.3, 0.4) is 0 Å². The number of ether oxygens (including phenoxy) is 4. The molecule has 0 heterocycles. The van der Waals surface area contributed by atoms with Crippen molar-refractivity contribution in [1.82, 2.24) is 21.3 Å². The first-order valence-electron chi connectivity index (χ1n) is 19.1. The number of carbonyl (C=O) groups is 5. The monoisotopic (exact) mass is 794 g/mol. The number of hydrogen-bond acceptors (Lipinski definition) is 11. The Morgan fingerprint density at radius 3 is 1.56 bits per heavy atom. The van der Waals surface area contributed by atoms with E-state index in [0.29, 0.717) is 65.3 Å². The molecule has 0 bridgehead atoms. The minimum absolute atomic E-state index is 0.0575. The predicted octanol–water partition coefficient (Wildman–Crippen LogP) is 2.58. The Balaban J connectivity index is 4.18. The molecule has 0 unspecified atom stereocenters. The third kappa shape index (κ3) is 29.6. The summed E-state index contributed by atoms with van der Waals surface area (Å²) in [4.78, 5) is 62.9. The first-order valence-corrected chi connectivity index (χ1v) is 20.7. The highest BCUT2D eigenvalue weighted by Gasteiger charge is 2.33. The molecule has 4 amide bonds. The molecule has 54 heavy (non-hydrogen) atoms. The minimum Gasteiger partial charge on any atom is -0.379 e. The zero-order valence-electron chi connectivity index (χ0n) is 34.0. The molecule has 0 aliphatic carbocycles. The number of carbonyl (C=O) groups excluding carboxylic acids is 5. The molecular formula is C37H70N4O12S. The number of nitrogens with one attached hydrogen (secondary N) is 4. The second-order valence-corrected chi connectivity index (χ2v) is 17.4. The molecule has 0 aliphatic rings. The van der Waals surface area contributed by atoms with Crippen molar-refractivity contribution in [1.29, 1.82) is 0 Å². The van der Waals surface area contributed by atoms with Gasteiger partial charge < -0.3 is 40.2 Å². The summed E-state index contributed by atoms with van der Waals surface area (Å²) < 4.78 is 51.4. The lowest BCUT2D eigenvalue weighted by atomic mass is 9.84. The highest BCUT2D eigenvalue weighted by Crippen LogP contribution is 2.22. The van der Waals surface area contributed by atoms with Gasteiger partial charge in [-0.25, -0.2) is 0 Å². The zero-order valence-corrected chi connectivity index (χ0v) is 34.8. The number of ketones is 1. The van der Waals surface area contributed by atoms with Gasteiger partial charge in [0, 0.05) is 37.8 Å². The van der Waals surface area contributed by atoms with Gasteiger partial charge in [-0.3, -0.25) is 28.5 Å². The Labute approximate surface area is 323 Å². The van der Waals surface area contributed by atoms with Crippen molar-refractivity contribution in [3.8, 4) is 0 Å². The predicted molar refractivity (Wildman–Crippen MR) is 205 cm³/mol. The van der Waals surface area contributed by atoms with Crippen molar-refractivity contribution in [3.05, 3.63) is 0 Å². The maximum Gasteiger partial charge on any atom is 0.266 e. The average Bonchev–Trinajstić information content (AvgIpc) is 3.04. The smallest absolute Gasteiger partial charge is 0.266 e. The van der Waals surface area contributed by atoms with Gasteiger partial charge in [0.2, 0.25) is 23.6 Å². The molecule has 316 valence electrons. The van der Waals surface area contributed by atoms with Crippen LogP contribution < -0.4 is 21.3 Å². The summed E-state index contributed by atoms with van der Waals surface area (Å²) in [5, 5.41) is 11.0. The van der Waals surface area contributed by atoms with E-state index in [9.17, 15) is 32.4 Å². The first kappa shape index (κ1) is 51.3. The number of rotatable bonds is 31. The van der Waals surface area contributed by atoms with E-state index in [4.69, 9.17) is 23.5 Å². The van der Waals surface area contributed by atoms with Crippen molar-refractivity contribution >= 4 is 39.5 Å². The Kier molecular flexibility index (Phi) is 26.4. The summed E-state index contributed by atoms with van der Waals surface area (Å²) in [5.41, 5.74) is -0.549.